The Morgan fingerprint density at radius 3 is 2.50 bits per heavy atom. The maximum Gasteiger partial charge on any atom is 0.0129 e. The van der Waals surface area contributed by atoms with Crippen LogP contribution in [0.5, 0.6) is 0 Å². The van der Waals surface area contributed by atoms with Gasteiger partial charge >= 0.3 is 0 Å². The van der Waals surface area contributed by atoms with Crippen molar-refractivity contribution in [2.75, 3.05) is 6.54 Å². The highest BCUT2D eigenvalue weighted by molar-refractivity contribution is 4.94. The van der Waals surface area contributed by atoms with E-state index in [9.17, 15) is 0 Å². The first-order valence-corrected chi connectivity index (χ1v) is 9.31. The molecule has 2 aliphatic rings. The minimum atomic E-state index is 0.546. The molecule has 4 unspecified atom stereocenters. The Kier molecular flexibility index (Phi) is 5.95. The van der Waals surface area contributed by atoms with E-state index >= 15 is 0 Å². The SMILES string of the molecule is CCNC(C1CCCC(CC)C1)C1CCCCC1(C)C. The summed E-state index contributed by atoms with van der Waals surface area (Å²) >= 11 is 0. The topological polar surface area (TPSA) is 12.0 Å². The lowest BCUT2D eigenvalue weighted by Crippen LogP contribution is -2.50. The van der Waals surface area contributed by atoms with Crippen molar-refractivity contribution in [3.8, 4) is 0 Å². The Balaban J connectivity index is 2.08. The first-order chi connectivity index (χ1) is 9.58. The van der Waals surface area contributed by atoms with E-state index < -0.39 is 0 Å². The van der Waals surface area contributed by atoms with Crippen molar-refractivity contribution in [1.29, 1.82) is 0 Å². The Bertz CT molecular complexity index is 283. The average Bonchev–Trinajstić information content (AvgIpc) is 2.45. The lowest BCUT2D eigenvalue weighted by molar-refractivity contribution is 0.0555. The van der Waals surface area contributed by atoms with Gasteiger partial charge in [0.25, 0.3) is 0 Å². The summed E-state index contributed by atoms with van der Waals surface area (Å²) in [5.41, 5.74) is 0.546. The molecule has 0 spiro atoms. The molecule has 0 aromatic carbocycles. The predicted molar refractivity (Wildman–Crippen MR) is 88.9 cm³/mol. The van der Waals surface area contributed by atoms with Crippen molar-refractivity contribution < 1.29 is 0 Å². The molecule has 118 valence electrons. The molecule has 0 saturated heterocycles. The molecule has 0 radical (unpaired) electrons. The van der Waals surface area contributed by atoms with Gasteiger partial charge < -0.3 is 5.32 Å². The van der Waals surface area contributed by atoms with Crippen molar-refractivity contribution >= 4 is 0 Å². The van der Waals surface area contributed by atoms with Crippen LogP contribution in [0, 0.1) is 23.2 Å². The van der Waals surface area contributed by atoms with Crippen LogP contribution in [0.2, 0.25) is 0 Å². The van der Waals surface area contributed by atoms with Gasteiger partial charge in [0.05, 0.1) is 0 Å². The zero-order chi connectivity index (χ0) is 14.6. The molecule has 0 aliphatic heterocycles. The van der Waals surface area contributed by atoms with Gasteiger partial charge in [-0.2, -0.15) is 0 Å². The summed E-state index contributed by atoms with van der Waals surface area (Å²) in [4.78, 5) is 0. The van der Waals surface area contributed by atoms with Crippen LogP contribution in [0.15, 0.2) is 0 Å². The smallest absolute Gasteiger partial charge is 0.0129 e. The van der Waals surface area contributed by atoms with Crippen LogP contribution in [0.3, 0.4) is 0 Å². The maximum atomic E-state index is 3.92. The second-order valence-corrected chi connectivity index (χ2v) is 8.13. The number of hydrogen-bond acceptors (Lipinski definition) is 1. The van der Waals surface area contributed by atoms with Gasteiger partial charge in [-0.05, 0) is 55.4 Å². The third-order valence-corrected chi connectivity index (χ3v) is 6.37. The summed E-state index contributed by atoms with van der Waals surface area (Å²) in [6, 6.07) is 0.782. The summed E-state index contributed by atoms with van der Waals surface area (Å²) in [5.74, 6) is 2.84. The zero-order valence-electron chi connectivity index (χ0n) is 14.4. The van der Waals surface area contributed by atoms with Gasteiger partial charge in [-0.15, -0.1) is 0 Å². The minimum Gasteiger partial charge on any atom is -0.314 e. The summed E-state index contributed by atoms with van der Waals surface area (Å²) in [6.07, 6.45) is 13.1. The van der Waals surface area contributed by atoms with Gasteiger partial charge in [0, 0.05) is 6.04 Å². The molecule has 1 heteroatoms. The van der Waals surface area contributed by atoms with Crippen LogP contribution in [0.4, 0.5) is 0 Å². The fourth-order valence-electron chi connectivity index (χ4n) is 5.09. The van der Waals surface area contributed by atoms with Gasteiger partial charge in [0.2, 0.25) is 0 Å². The third kappa shape index (κ3) is 3.78. The molecule has 2 saturated carbocycles. The molecule has 2 aliphatic carbocycles. The van der Waals surface area contributed by atoms with E-state index in [1.807, 2.05) is 0 Å². The van der Waals surface area contributed by atoms with Crippen molar-refractivity contribution in [2.24, 2.45) is 23.2 Å². The largest absolute Gasteiger partial charge is 0.314 e. The van der Waals surface area contributed by atoms with Crippen molar-refractivity contribution in [1.82, 2.24) is 5.32 Å². The number of hydrogen-bond donors (Lipinski definition) is 1. The van der Waals surface area contributed by atoms with Crippen LogP contribution >= 0.6 is 0 Å². The van der Waals surface area contributed by atoms with Crippen molar-refractivity contribution in [2.45, 2.75) is 91.5 Å². The van der Waals surface area contributed by atoms with Crippen molar-refractivity contribution in [3.63, 3.8) is 0 Å². The average molecular weight is 280 g/mol. The predicted octanol–water partition coefficient (Wildman–Crippen LogP) is 5.40. The molecular weight excluding hydrogens is 242 g/mol. The van der Waals surface area contributed by atoms with Crippen LogP contribution < -0.4 is 5.32 Å². The van der Waals surface area contributed by atoms with E-state index in [0.717, 1.165) is 30.3 Å². The first-order valence-electron chi connectivity index (χ1n) is 9.31. The second-order valence-electron chi connectivity index (χ2n) is 8.13. The summed E-state index contributed by atoms with van der Waals surface area (Å²) in [5, 5.41) is 3.92. The standard InChI is InChI=1S/C19H37N/c1-5-15-10-9-11-16(14-15)18(20-6-2)17-12-7-8-13-19(17,3)4/h15-18,20H,5-14H2,1-4H3. The lowest BCUT2D eigenvalue weighted by Gasteiger charge is -2.47. The van der Waals surface area contributed by atoms with Crippen LogP contribution in [0.25, 0.3) is 0 Å². The van der Waals surface area contributed by atoms with Crippen LogP contribution in [-0.4, -0.2) is 12.6 Å². The van der Waals surface area contributed by atoms with E-state index in [1.54, 1.807) is 0 Å². The van der Waals surface area contributed by atoms with Gasteiger partial charge in [0.1, 0.15) is 0 Å². The van der Waals surface area contributed by atoms with Gasteiger partial charge in [-0.1, -0.05) is 59.8 Å². The molecule has 2 rings (SSSR count). The molecule has 1 N–H and O–H groups in total. The van der Waals surface area contributed by atoms with Gasteiger partial charge in [-0.25, -0.2) is 0 Å². The normalized spacial score (nSPS) is 35.7. The fourth-order valence-corrected chi connectivity index (χ4v) is 5.09. The van der Waals surface area contributed by atoms with E-state index in [2.05, 4.69) is 33.0 Å². The zero-order valence-corrected chi connectivity index (χ0v) is 14.4. The van der Waals surface area contributed by atoms with Crippen LogP contribution in [0.1, 0.15) is 85.5 Å². The lowest BCUT2D eigenvalue weighted by atomic mass is 9.61. The molecule has 0 bridgehead atoms. The highest BCUT2D eigenvalue weighted by Gasteiger charge is 2.41. The molecule has 20 heavy (non-hydrogen) atoms. The summed E-state index contributed by atoms with van der Waals surface area (Å²) < 4.78 is 0. The molecule has 4 atom stereocenters. The molecule has 0 aromatic rings. The Labute approximate surface area is 127 Å². The maximum absolute atomic E-state index is 3.92. The van der Waals surface area contributed by atoms with Gasteiger partial charge in [0.15, 0.2) is 0 Å². The number of rotatable bonds is 5. The minimum absolute atomic E-state index is 0.546. The highest BCUT2D eigenvalue weighted by Crippen LogP contribution is 2.46. The molecule has 0 heterocycles. The monoisotopic (exact) mass is 279 g/mol. The molecule has 1 nitrogen and oxygen atoms in total. The quantitative estimate of drug-likeness (QED) is 0.710. The summed E-state index contributed by atoms with van der Waals surface area (Å²) in [6.45, 7) is 10.9. The second kappa shape index (κ2) is 7.29. The Morgan fingerprint density at radius 1 is 1.05 bits per heavy atom. The number of nitrogens with one attached hydrogen (secondary N) is 1. The molecule has 2 fully saturated rings. The van der Waals surface area contributed by atoms with Gasteiger partial charge in [-0.3, -0.25) is 0 Å². The Morgan fingerprint density at radius 2 is 1.85 bits per heavy atom. The molecular formula is C19H37N. The third-order valence-electron chi connectivity index (χ3n) is 6.37. The van der Waals surface area contributed by atoms with Crippen molar-refractivity contribution in [3.05, 3.63) is 0 Å². The summed E-state index contributed by atoms with van der Waals surface area (Å²) in [7, 11) is 0. The van der Waals surface area contributed by atoms with Crippen LogP contribution in [-0.2, 0) is 0 Å². The first kappa shape index (κ1) is 16.3. The van der Waals surface area contributed by atoms with E-state index in [4.69, 9.17) is 0 Å². The highest BCUT2D eigenvalue weighted by atomic mass is 14.9. The van der Waals surface area contributed by atoms with E-state index in [0.29, 0.717) is 5.41 Å². The molecule has 0 amide bonds. The Hall–Kier alpha value is -0.0400. The fraction of sp³-hybridized carbons (Fsp3) is 1.00. The van der Waals surface area contributed by atoms with E-state index in [-0.39, 0.29) is 0 Å². The molecule has 0 aromatic heterocycles. The van der Waals surface area contributed by atoms with E-state index in [1.165, 1.54) is 57.8 Å².